The first-order valence-electron chi connectivity index (χ1n) is 11.0. The van der Waals surface area contributed by atoms with Crippen LogP contribution in [0.2, 0.25) is 5.02 Å². The summed E-state index contributed by atoms with van der Waals surface area (Å²) in [7, 11) is 1.84. The van der Waals surface area contributed by atoms with E-state index in [2.05, 4.69) is 15.4 Å². The predicted octanol–water partition coefficient (Wildman–Crippen LogP) is 4.56. The van der Waals surface area contributed by atoms with Crippen molar-refractivity contribution in [3.8, 4) is 16.9 Å². The lowest BCUT2D eigenvalue weighted by Gasteiger charge is -2.34. The molecule has 2 aliphatic heterocycles. The summed E-state index contributed by atoms with van der Waals surface area (Å²) in [5.41, 5.74) is 1.30. The van der Waals surface area contributed by atoms with Gasteiger partial charge < -0.3 is 25.2 Å². The van der Waals surface area contributed by atoms with Crippen LogP contribution in [0.4, 0.5) is 18.9 Å². The van der Waals surface area contributed by atoms with Crippen molar-refractivity contribution in [1.82, 2.24) is 15.1 Å². The summed E-state index contributed by atoms with van der Waals surface area (Å²) < 4.78 is 42.5. The molecule has 0 saturated carbocycles. The maximum atomic E-state index is 13.1. The molecule has 2 amide bonds. The molecule has 2 aromatic rings. The van der Waals surface area contributed by atoms with E-state index in [1.165, 1.54) is 30.3 Å². The molecule has 2 N–H and O–H groups in total. The second-order valence-corrected chi connectivity index (χ2v) is 8.78. The van der Waals surface area contributed by atoms with Gasteiger partial charge in [-0.1, -0.05) is 35.9 Å². The second kappa shape index (κ2) is 10.1. The SMILES string of the molecule is CN1C=C(C(=O)N2CCCCC2C(=O)Nc2ccc(-c3ccccc3OC(F)(F)F)c(Cl)c2)NC1. The first-order valence-corrected chi connectivity index (χ1v) is 11.4. The van der Waals surface area contributed by atoms with Gasteiger partial charge in [-0.05, 0) is 37.5 Å². The Hall–Kier alpha value is -3.40. The molecule has 1 unspecified atom stereocenters. The fourth-order valence-corrected chi connectivity index (χ4v) is 4.48. The Balaban J connectivity index is 1.51. The van der Waals surface area contributed by atoms with Gasteiger partial charge in [-0.2, -0.15) is 0 Å². The minimum atomic E-state index is -4.85. The molecule has 2 aliphatic rings. The molecule has 0 bridgehead atoms. The number of ether oxygens (including phenoxy) is 1. The van der Waals surface area contributed by atoms with Gasteiger partial charge in [0.2, 0.25) is 5.91 Å². The lowest BCUT2D eigenvalue weighted by molar-refractivity contribution is -0.274. The van der Waals surface area contributed by atoms with Crippen LogP contribution in [0.15, 0.2) is 54.4 Å². The molecule has 0 aromatic heterocycles. The summed E-state index contributed by atoms with van der Waals surface area (Å²) >= 11 is 6.38. The fourth-order valence-electron chi connectivity index (χ4n) is 4.19. The van der Waals surface area contributed by atoms with E-state index in [0.29, 0.717) is 36.6 Å². The quantitative estimate of drug-likeness (QED) is 0.619. The van der Waals surface area contributed by atoms with Gasteiger partial charge in [0.05, 0.1) is 11.7 Å². The number of hydrogen-bond donors (Lipinski definition) is 2. The van der Waals surface area contributed by atoms with Gasteiger partial charge in [0.25, 0.3) is 5.91 Å². The van der Waals surface area contributed by atoms with Crippen molar-refractivity contribution >= 4 is 29.1 Å². The van der Waals surface area contributed by atoms with Crippen LogP contribution in [0, 0.1) is 0 Å². The number of piperidine rings is 1. The van der Waals surface area contributed by atoms with Crippen molar-refractivity contribution in [3.05, 3.63) is 59.4 Å². The highest BCUT2D eigenvalue weighted by Crippen LogP contribution is 2.38. The molecule has 1 atom stereocenters. The molecular weight excluding hydrogens is 485 g/mol. The Morgan fingerprint density at radius 3 is 2.60 bits per heavy atom. The van der Waals surface area contributed by atoms with Gasteiger partial charge in [-0.3, -0.25) is 9.59 Å². The predicted molar refractivity (Wildman–Crippen MR) is 125 cm³/mol. The fraction of sp³-hybridized carbons (Fsp3) is 0.333. The number of amides is 2. The van der Waals surface area contributed by atoms with Crippen LogP contribution in [0.1, 0.15) is 19.3 Å². The molecular formula is C24H24ClF3N4O3. The highest BCUT2D eigenvalue weighted by atomic mass is 35.5. The number of hydrogen-bond acceptors (Lipinski definition) is 5. The Morgan fingerprint density at radius 2 is 1.91 bits per heavy atom. The van der Waals surface area contributed by atoms with Crippen LogP contribution < -0.4 is 15.4 Å². The molecule has 2 aromatic carbocycles. The minimum Gasteiger partial charge on any atom is -0.405 e. The number of halogens is 4. The van der Waals surface area contributed by atoms with Gasteiger partial charge in [-0.25, -0.2) is 0 Å². The molecule has 186 valence electrons. The summed E-state index contributed by atoms with van der Waals surface area (Å²) in [6, 6.07) is 9.56. The minimum absolute atomic E-state index is 0.140. The molecule has 11 heteroatoms. The molecule has 4 rings (SSSR count). The van der Waals surface area contributed by atoms with Crippen molar-refractivity contribution in [3.63, 3.8) is 0 Å². The van der Waals surface area contributed by atoms with Crippen LogP contribution in [0.5, 0.6) is 5.75 Å². The van der Waals surface area contributed by atoms with Crippen LogP contribution in [-0.4, -0.2) is 54.3 Å². The normalized spacial score (nSPS) is 18.1. The first kappa shape index (κ1) is 24.7. The van der Waals surface area contributed by atoms with Crippen LogP contribution >= 0.6 is 11.6 Å². The molecule has 1 saturated heterocycles. The van der Waals surface area contributed by atoms with Crippen LogP contribution in [-0.2, 0) is 9.59 Å². The Morgan fingerprint density at radius 1 is 1.14 bits per heavy atom. The van der Waals surface area contributed by atoms with Crippen molar-refractivity contribution in [2.24, 2.45) is 0 Å². The Labute approximate surface area is 205 Å². The molecule has 35 heavy (non-hydrogen) atoms. The average molecular weight is 509 g/mol. The number of carbonyl (C=O) groups excluding carboxylic acids is 2. The number of likely N-dealkylation sites (tertiary alicyclic amines) is 1. The molecule has 1 fully saturated rings. The van der Waals surface area contributed by atoms with Crippen molar-refractivity contribution in [2.75, 3.05) is 25.6 Å². The van der Waals surface area contributed by atoms with E-state index in [0.717, 1.165) is 12.8 Å². The van der Waals surface area contributed by atoms with Gasteiger partial charge in [0.15, 0.2) is 0 Å². The van der Waals surface area contributed by atoms with Gasteiger partial charge in [0, 0.05) is 36.6 Å². The summed E-state index contributed by atoms with van der Waals surface area (Å²) in [5.74, 6) is -0.964. The Bertz CT molecular complexity index is 1160. The van der Waals surface area contributed by atoms with E-state index in [-0.39, 0.29) is 28.1 Å². The van der Waals surface area contributed by atoms with Crippen LogP contribution in [0.25, 0.3) is 11.1 Å². The zero-order valence-corrected chi connectivity index (χ0v) is 19.6. The number of nitrogens with zero attached hydrogens (tertiary/aromatic N) is 2. The van der Waals surface area contributed by atoms with Crippen molar-refractivity contribution in [2.45, 2.75) is 31.7 Å². The molecule has 7 nitrogen and oxygen atoms in total. The molecule has 0 spiro atoms. The largest absolute Gasteiger partial charge is 0.573 e. The lowest BCUT2D eigenvalue weighted by atomic mass is 10.0. The molecule has 0 aliphatic carbocycles. The summed E-state index contributed by atoms with van der Waals surface area (Å²) in [6.07, 6.45) is -0.999. The maximum absolute atomic E-state index is 13.1. The summed E-state index contributed by atoms with van der Waals surface area (Å²) in [4.78, 5) is 29.5. The van der Waals surface area contributed by atoms with Gasteiger partial charge >= 0.3 is 6.36 Å². The number of benzene rings is 2. The van der Waals surface area contributed by atoms with E-state index < -0.39 is 12.4 Å². The third-order valence-corrected chi connectivity index (χ3v) is 6.12. The first-order chi connectivity index (χ1) is 16.6. The van der Waals surface area contributed by atoms with Crippen molar-refractivity contribution in [1.29, 1.82) is 0 Å². The van der Waals surface area contributed by atoms with Crippen LogP contribution in [0.3, 0.4) is 0 Å². The number of carbonyl (C=O) groups is 2. The number of rotatable bonds is 5. The molecule has 0 radical (unpaired) electrons. The smallest absolute Gasteiger partial charge is 0.405 e. The van der Waals surface area contributed by atoms with Gasteiger partial charge in [-0.15, -0.1) is 13.2 Å². The van der Waals surface area contributed by atoms with E-state index >= 15 is 0 Å². The van der Waals surface area contributed by atoms with Gasteiger partial charge in [0.1, 0.15) is 17.5 Å². The average Bonchev–Trinajstić information content (AvgIpc) is 3.24. The summed E-state index contributed by atoms with van der Waals surface area (Å²) in [5, 5.41) is 5.96. The zero-order chi connectivity index (χ0) is 25.2. The third kappa shape index (κ3) is 5.82. The number of para-hydroxylation sites is 1. The zero-order valence-electron chi connectivity index (χ0n) is 18.9. The monoisotopic (exact) mass is 508 g/mol. The van der Waals surface area contributed by atoms with Crippen molar-refractivity contribution < 1.29 is 27.5 Å². The topological polar surface area (TPSA) is 73.9 Å². The number of alkyl halides is 3. The standard InChI is InChI=1S/C24H24ClF3N4O3/c1-31-13-19(29-14-31)23(34)32-11-5-4-7-20(32)22(33)30-15-9-10-16(18(25)12-15)17-6-2-3-8-21(17)35-24(26,27)28/h2-3,6,8-10,12-13,20,29H,4-5,7,11,14H2,1H3,(H,30,33). The highest BCUT2D eigenvalue weighted by molar-refractivity contribution is 6.33. The third-order valence-electron chi connectivity index (χ3n) is 5.80. The molecule has 2 heterocycles. The maximum Gasteiger partial charge on any atom is 0.573 e. The van der Waals surface area contributed by atoms with E-state index in [4.69, 9.17) is 11.6 Å². The van der Waals surface area contributed by atoms with E-state index in [1.807, 2.05) is 11.9 Å². The van der Waals surface area contributed by atoms with E-state index in [9.17, 15) is 22.8 Å². The Kier molecular flexibility index (Phi) is 7.11. The van der Waals surface area contributed by atoms with E-state index in [1.54, 1.807) is 23.2 Å². The lowest BCUT2D eigenvalue weighted by Crippen LogP contribution is -2.51. The second-order valence-electron chi connectivity index (χ2n) is 8.37. The summed E-state index contributed by atoms with van der Waals surface area (Å²) in [6.45, 7) is 0.989. The number of nitrogens with one attached hydrogen (secondary N) is 2. The highest BCUT2D eigenvalue weighted by Gasteiger charge is 2.35. The number of anilines is 1.